The minimum atomic E-state index is -0.708. The number of thioether (sulfide) groups is 1. The zero-order valence-corrected chi connectivity index (χ0v) is 24.5. The highest BCUT2D eigenvalue weighted by Crippen LogP contribution is 2.29. The highest BCUT2D eigenvalue weighted by atomic mass is 35.5. The van der Waals surface area contributed by atoms with Crippen molar-refractivity contribution in [2.24, 2.45) is 0 Å². The highest BCUT2D eigenvalue weighted by Gasteiger charge is 2.32. The van der Waals surface area contributed by atoms with Gasteiger partial charge in [0.15, 0.2) is 0 Å². The Morgan fingerprint density at radius 2 is 1.58 bits per heavy atom. The molecule has 0 spiro atoms. The van der Waals surface area contributed by atoms with Crippen molar-refractivity contribution in [1.82, 2.24) is 10.2 Å². The highest BCUT2D eigenvalue weighted by molar-refractivity contribution is 7.99. The number of ether oxygens (including phenoxy) is 1. The molecule has 2 amide bonds. The van der Waals surface area contributed by atoms with Crippen LogP contribution in [-0.2, 0) is 28.3 Å². The fourth-order valence-corrected chi connectivity index (χ4v) is 5.62. The lowest BCUT2D eigenvalue weighted by Gasteiger charge is -2.34. The number of amides is 2. The molecule has 38 heavy (non-hydrogen) atoms. The van der Waals surface area contributed by atoms with Crippen LogP contribution in [0.5, 0.6) is 5.75 Å². The summed E-state index contributed by atoms with van der Waals surface area (Å²) in [6.07, 6.45) is 0.388. The monoisotopic (exact) mass is 572 g/mol. The van der Waals surface area contributed by atoms with Crippen molar-refractivity contribution >= 4 is 46.8 Å². The first kappa shape index (κ1) is 29.9. The normalized spacial score (nSPS) is 12.1. The fourth-order valence-electron chi connectivity index (χ4n) is 3.97. The third-order valence-electron chi connectivity index (χ3n) is 5.79. The first-order chi connectivity index (χ1) is 18.1. The average molecular weight is 574 g/mol. The molecule has 0 saturated carbocycles. The van der Waals surface area contributed by atoms with Gasteiger partial charge in [0.2, 0.25) is 11.8 Å². The fraction of sp³-hybridized carbons (Fsp3) is 0.333. The predicted octanol–water partition coefficient (Wildman–Crippen LogP) is 6.79. The smallest absolute Gasteiger partial charge is 0.243 e. The molecule has 0 aromatic heterocycles. The van der Waals surface area contributed by atoms with E-state index in [1.54, 1.807) is 30.2 Å². The number of methoxy groups -OCH3 is 1. The summed E-state index contributed by atoms with van der Waals surface area (Å²) in [5.41, 5.74) is 2.19. The topological polar surface area (TPSA) is 58.6 Å². The quantitative estimate of drug-likeness (QED) is 0.275. The van der Waals surface area contributed by atoms with Crippen LogP contribution in [0, 0.1) is 0 Å². The van der Waals surface area contributed by atoms with E-state index >= 15 is 0 Å². The van der Waals surface area contributed by atoms with Gasteiger partial charge in [0.1, 0.15) is 11.8 Å². The maximum Gasteiger partial charge on any atom is 0.243 e. The van der Waals surface area contributed by atoms with E-state index in [0.29, 0.717) is 28.0 Å². The second-order valence-electron chi connectivity index (χ2n) is 10.0. The number of halogens is 2. The molecule has 1 N–H and O–H groups in total. The summed E-state index contributed by atoms with van der Waals surface area (Å²) < 4.78 is 5.39. The molecule has 0 heterocycles. The summed E-state index contributed by atoms with van der Waals surface area (Å²) in [5.74, 6) is 0.994. The van der Waals surface area contributed by atoms with Crippen molar-refractivity contribution in [2.45, 2.75) is 51.1 Å². The largest absolute Gasteiger partial charge is 0.497 e. The van der Waals surface area contributed by atoms with E-state index < -0.39 is 11.6 Å². The van der Waals surface area contributed by atoms with Crippen molar-refractivity contribution in [2.75, 3.05) is 12.9 Å². The van der Waals surface area contributed by atoms with E-state index in [1.165, 1.54) is 11.8 Å². The Balaban J connectivity index is 1.91. The Labute approximate surface area is 239 Å². The molecule has 0 aliphatic carbocycles. The van der Waals surface area contributed by atoms with Crippen molar-refractivity contribution in [3.8, 4) is 5.75 Å². The lowest BCUT2D eigenvalue weighted by Crippen LogP contribution is -2.54. The summed E-state index contributed by atoms with van der Waals surface area (Å²) in [5, 5.41) is 4.21. The van der Waals surface area contributed by atoms with Crippen LogP contribution >= 0.6 is 35.0 Å². The second-order valence-corrected chi connectivity index (χ2v) is 11.8. The maximum atomic E-state index is 13.8. The molecule has 5 nitrogen and oxygen atoms in total. The van der Waals surface area contributed by atoms with Gasteiger partial charge in [0, 0.05) is 34.3 Å². The van der Waals surface area contributed by atoms with Crippen molar-refractivity contribution in [1.29, 1.82) is 0 Å². The molecule has 0 aliphatic heterocycles. The van der Waals surface area contributed by atoms with Gasteiger partial charge in [-0.25, -0.2) is 0 Å². The van der Waals surface area contributed by atoms with Gasteiger partial charge < -0.3 is 15.0 Å². The molecule has 1 atom stereocenters. The molecule has 0 saturated heterocycles. The third-order valence-corrected chi connectivity index (χ3v) is 7.44. The molecular formula is C30H34Cl2N2O3S. The maximum absolute atomic E-state index is 13.8. The van der Waals surface area contributed by atoms with Gasteiger partial charge >= 0.3 is 0 Å². The molecule has 0 radical (unpaired) electrons. The SMILES string of the molecule is COc1cccc(CN(C(=O)CSCc2c(Cl)cccc2Cl)C(Cc2ccccc2)C(=O)NC(C)(C)C)c1. The van der Waals surface area contributed by atoms with Crippen LogP contribution < -0.4 is 10.1 Å². The number of hydrogen-bond donors (Lipinski definition) is 1. The molecule has 0 bridgehead atoms. The van der Waals surface area contributed by atoms with Gasteiger partial charge in [-0.3, -0.25) is 9.59 Å². The van der Waals surface area contributed by atoms with Crippen LogP contribution in [0.15, 0.2) is 72.8 Å². The summed E-state index contributed by atoms with van der Waals surface area (Å²) in [6, 6.07) is 22.0. The van der Waals surface area contributed by atoms with Crippen LogP contribution in [0.4, 0.5) is 0 Å². The van der Waals surface area contributed by atoms with E-state index in [2.05, 4.69) is 5.32 Å². The number of carbonyl (C=O) groups excluding carboxylic acids is 2. The summed E-state index contributed by atoms with van der Waals surface area (Å²) in [6.45, 7) is 6.06. The first-order valence-corrected chi connectivity index (χ1v) is 14.3. The van der Waals surface area contributed by atoms with Crippen LogP contribution in [0.1, 0.15) is 37.5 Å². The van der Waals surface area contributed by atoms with E-state index in [4.69, 9.17) is 27.9 Å². The number of carbonyl (C=O) groups is 2. The number of nitrogens with one attached hydrogen (secondary N) is 1. The average Bonchev–Trinajstić information content (AvgIpc) is 2.87. The number of hydrogen-bond acceptors (Lipinski definition) is 4. The van der Waals surface area contributed by atoms with Crippen LogP contribution in [0.2, 0.25) is 10.0 Å². The molecule has 0 aliphatic rings. The number of benzene rings is 3. The second kappa shape index (κ2) is 13.9. The zero-order valence-electron chi connectivity index (χ0n) is 22.2. The zero-order chi connectivity index (χ0) is 27.7. The van der Waals surface area contributed by atoms with E-state index in [1.807, 2.05) is 75.4 Å². The van der Waals surface area contributed by atoms with E-state index in [0.717, 1.165) is 16.7 Å². The van der Waals surface area contributed by atoms with Gasteiger partial charge in [0.05, 0.1) is 12.9 Å². The van der Waals surface area contributed by atoms with Gasteiger partial charge in [-0.05, 0) is 61.7 Å². The van der Waals surface area contributed by atoms with Crippen LogP contribution in [-0.4, -0.2) is 41.2 Å². The van der Waals surface area contributed by atoms with Gasteiger partial charge in [-0.15, -0.1) is 11.8 Å². The summed E-state index contributed by atoms with van der Waals surface area (Å²) in [7, 11) is 1.60. The van der Waals surface area contributed by atoms with Crippen molar-refractivity contribution in [3.05, 3.63) is 99.5 Å². The van der Waals surface area contributed by atoms with Gasteiger partial charge in [-0.1, -0.05) is 71.7 Å². The first-order valence-electron chi connectivity index (χ1n) is 12.4. The Kier molecular flexibility index (Phi) is 11.0. The van der Waals surface area contributed by atoms with Crippen molar-refractivity contribution in [3.63, 3.8) is 0 Å². The molecule has 8 heteroatoms. The number of nitrogens with zero attached hydrogens (tertiary/aromatic N) is 1. The Morgan fingerprint density at radius 3 is 2.21 bits per heavy atom. The molecule has 3 rings (SSSR count). The molecule has 202 valence electrons. The summed E-state index contributed by atoms with van der Waals surface area (Å²) in [4.78, 5) is 29.1. The number of rotatable bonds is 11. The minimum Gasteiger partial charge on any atom is -0.497 e. The molecular weight excluding hydrogens is 539 g/mol. The lowest BCUT2D eigenvalue weighted by atomic mass is 10.0. The third kappa shape index (κ3) is 8.97. The standard InChI is InChI=1S/C30H34Cl2N2O3S/c1-30(2,3)33-29(36)27(17-21-10-6-5-7-11-21)34(18-22-12-8-13-23(16-22)37-4)28(35)20-38-19-24-25(31)14-9-15-26(24)32/h5-16,27H,17-20H2,1-4H3,(H,33,36). The molecule has 3 aromatic rings. The van der Waals surface area contributed by atoms with Crippen LogP contribution in [0.3, 0.4) is 0 Å². The van der Waals surface area contributed by atoms with Crippen molar-refractivity contribution < 1.29 is 14.3 Å². The van der Waals surface area contributed by atoms with E-state index in [9.17, 15) is 9.59 Å². The minimum absolute atomic E-state index is 0.147. The Bertz CT molecular complexity index is 1210. The molecule has 3 aromatic carbocycles. The van der Waals surface area contributed by atoms with Gasteiger partial charge in [-0.2, -0.15) is 0 Å². The van der Waals surface area contributed by atoms with Gasteiger partial charge in [0.25, 0.3) is 0 Å². The van der Waals surface area contributed by atoms with E-state index in [-0.39, 0.29) is 24.1 Å². The van der Waals surface area contributed by atoms with Crippen LogP contribution in [0.25, 0.3) is 0 Å². The predicted molar refractivity (Wildman–Crippen MR) is 158 cm³/mol. The lowest BCUT2D eigenvalue weighted by molar-refractivity contribution is -0.140. The molecule has 0 fully saturated rings. The Morgan fingerprint density at radius 1 is 0.947 bits per heavy atom. The molecule has 1 unspecified atom stereocenters. The summed E-state index contributed by atoms with van der Waals surface area (Å²) >= 11 is 14.1. The Hall–Kier alpha value is -2.67.